The molecule has 1 saturated heterocycles. The third-order valence-electron chi connectivity index (χ3n) is 6.28. The van der Waals surface area contributed by atoms with Crippen LogP contribution in [0, 0.1) is 11.7 Å². The zero-order valence-corrected chi connectivity index (χ0v) is 17.2. The Morgan fingerprint density at radius 2 is 1.97 bits per heavy atom. The third kappa shape index (κ3) is 4.00. The van der Waals surface area contributed by atoms with Gasteiger partial charge in [0.2, 0.25) is 0 Å². The average molecular weight is 404 g/mol. The zero-order chi connectivity index (χ0) is 20.7. The first-order valence-corrected chi connectivity index (χ1v) is 10.7. The van der Waals surface area contributed by atoms with E-state index in [0.717, 1.165) is 54.1 Å². The van der Waals surface area contributed by atoms with Gasteiger partial charge in [-0.1, -0.05) is 24.3 Å². The molecule has 2 heterocycles. The maximum atomic E-state index is 13.4. The molecule has 1 aliphatic carbocycles. The van der Waals surface area contributed by atoms with E-state index in [1.54, 1.807) is 12.1 Å². The number of nitrogens with one attached hydrogen (secondary N) is 1. The van der Waals surface area contributed by atoms with Gasteiger partial charge < -0.3 is 5.32 Å². The standard InChI is InChI=1S/C25H26FN3O/c1-16(30)23-13-22(18-5-7-20(26)8-6-18)21-9-2-17(12-24(21)28-23)14-29-11-10-27-25(15-29)19-3-4-19/h2,5-9,12-13,19,25,27H,3-4,10-11,14-15H2,1H3. The minimum atomic E-state index is -0.272. The molecule has 2 aromatic carbocycles. The first-order chi connectivity index (χ1) is 14.6. The van der Waals surface area contributed by atoms with Crippen molar-refractivity contribution in [1.82, 2.24) is 15.2 Å². The summed E-state index contributed by atoms with van der Waals surface area (Å²) in [6, 6.07) is 15.2. The quantitative estimate of drug-likeness (QED) is 0.641. The SMILES string of the molecule is CC(=O)c1cc(-c2ccc(F)cc2)c2ccc(CN3CCNC(C4CC4)C3)cc2n1. The Kier molecular flexibility index (Phi) is 5.09. The topological polar surface area (TPSA) is 45.2 Å². The lowest BCUT2D eigenvalue weighted by Gasteiger charge is -2.34. The van der Waals surface area contributed by atoms with Crippen LogP contribution >= 0.6 is 0 Å². The summed E-state index contributed by atoms with van der Waals surface area (Å²) in [5.74, 6) is 0.509. The van der Waals surface area contributed by atoms with Crippen molar-refractivity contribution in [2.75, 3.05) is 19.6 Å². The van der Waals surface area contributed by atoms with Gasteiger partial charge >= 0.3 is 0 Å². The second-order valence-corrected chi connectivity index (χ2v) is 8.60. The summed E-state index contributed by atoms with van der Waals surface area (Å²) in [6.45, 7) is 5.59. The van der Waals surface area contributed by atoms with E-state index >= 15 is 0 Å². The van der Waals surface area contributed by atoms with Crippen LogP contribution in [-0.2, 0) is 6.54 Å². The second kappa shape index (κ2) is 7.89. The van der Waals surface area contributed by atoms with Gasteiger partial charge in [-0.25, -0.2) is 9.37 Å². The minimum Gasteiger partial charge on any atom is -0.311 e. The van der Waals surface area contributed by atoms with Gasteiger partial charge in [-0.15, -0.1) is 0 Å². The molecule has 1 N–H and O–H groups in total. The molecule has 5 rings (SSSR count). The second-order valence-electron chi connectivity index (χ2n) is 8.60. The van der Waals surface area contributed by atoms with Gasteiger partial charge in [-0.05, 0) is 59.7 Å². The highest BCUT2D eigenvalue weighted by Gasteiger charge is 2.33. The fourth-order valence-electron chi connectivity index (χ4n) is 4.48. The molecule has 1 saturated carbocycles. The monoisotopic (exact) mass is 403 g/mol. The first-order valence-electron chi connectivity index (χ1n) is 10.7. The van der Waals surface area contributed by atoms with Crippen molar-refractivity contribution in [2.24, 2.45) is 5.92 Å². The van der Waals surface area contributed by atoms with Crippen LogP contribution in [0.1, 0.15) is 35.8 Å². The molecule has 2 aliphatic rings. The van der Waals surface area contributed by atoms with Gasteiger partial charge in [-0.3, -0.25) is 9.69 Å². The number of carbonyl (C=O) groups is 1. The maximum Gasteiger partial charge on any atom is 0.178 e. The molecule has 0 radical (unpaired) electrons. The largest absolute Gasteiger partial charge is 0.311 e. The third-order valence-corrected chi connectivity index (χ3v) is 6.28. The number of fused-ring (bicyclic) bond motifs is 1. The van der Waals surface area contributed by atoms with Crippen LogP contribution in [0.2, 0.25) is 0 Å². The number of aromatic nitrogens is 1. The van der Waals surface area contributed by atoms with Crippen molar-refractivity contribution < 1.29 is 9.18 Å². The number of carbonyl (C=O) groups excluding carboxylic acids is 1. The van der Waals surface area contributed by atoms with Crippen LogP contribution in [0.4, 0.5) is 4.39 Å². The van der Waals surface area contributed by atoms with Gasteiger partial charge in [-0.2, -0.15) is 0 Å². The van der Waals surface area contributed by atoms with Crippen LogP contribution in [0.25, 0.3) is 22.0 Å². The molecule has 5 heteroatoms. The van der Waals surface area contributed by atoms with Crippen molar-refractivity contribution in [2.45, 2.75) is 32.4 Å². The van der Waals surface area contributed by atoms with E-state index in [1.165, 1.54) is 37.5 Å². The van der Waals surface area contributed by atoms with Crippen molar-refractivity contribution >= 4 is 16.7 Å². The van der Waals surface area contributed by atoms with Gasteiger partial charge in [0.25, 0.3) is 0 Å². The van der Waals surface area contributed by atoms with Crippen LogP contribution in [0.3, 0.4) is 0 Å². The number of halogens is 1. The van der Waals surface area contributed by atoms with Crippen LogP contribution in [0.5, 0.6) is 0 Å². The summed E-state index contributed by atoms with van der Waals surface area (Å²) in [5, 5.41) is 4.64. The predicted octanol–water partition coefficient (Wildman–Crippen LogP) is 4.43. The maximum absolute atomic E-state index is 13.4. The average Bonchev–Trinajstić information content (AvgIpc) is 3.59. The molecule has 1 atom stereocenters. The van der Waals surface area contributed by atoms with E-state index in [0.29, 0.717) is 11.7 Å². The Balaban J connectivity index is 1.48. The molecule has 0 amide bonds. The van der Waals surface area contributed by atoms with E-state index in [-0.39, 0.29) is 11.6 Å². The summed E-state index contributed by atoms with van der Waals surface area (Å²) < 4.78 is 13.4. The molecule has 0 spiro atoms. The molecule has 154 valence electrons. The zero-order valence-electron chi connectivity index (χ0n) is 17.2. The molecule has 1 unspecified atom stereocenters. The van der Waals surface area contributed by atoms with Crippen LogP contribution < -0.4 is 5.32 Å². The lowest BCUT2D eigenvalue weighted by atomic mass is 9.98. The van der Waals surface area contributed by atoms with E-state index in [2.05, 4.69) is 33.4 Å². The lowest BCUT2D eigenvalue weighted by Crippen LogP contribution is -2.51. The van der Waals surface area contributed by atoms with E-state index < -0.39 is 0 Å². The Bertz CT molecular complexity index is 1090. The minimum absolute atomic E-state index is 0.0694. The van der Waals surface area contributed by atoms with Crippen LogP contribution in [0.15, 0.2) is 48.5 Å². The number of piperazine rings is 1. The van der Waals surface area contributed by atoms with Gasteiger partial charge in [0.05, 0.1) is 5.52 Å². The van der Waals surface area contributed by atoms with Gasteiger partial charge in [0, 0.05) is 44.5 Å². The molecular formula is C25H26FN3O. The van der Waals surface area contributed by atoms with Crippen molar-refractivity contribution in [3.05, 3.63) is 65.6 Å². The molecular weight excluding hydrogens is 377 g/mol. The highest BCUT2D eigenvalue weighted by atomic mass is 19.1. The predicted molar refractivity (Wildman–Crippen MR) is 117 cm³/mol. The highest BCUT2D eigenvalue weighted by molar-refractivity contribution is 6.01. The Labute approximate surface area is 176 Å². The number of ketones is 1. The summed E-state index contributed by atoms with van der Waals surface area (Å²) >= 11 is 0. The molecule has 1 aromatic heterocycles. The summed E-state index contributed by atoms with van der Waals surface area (Å²) in [5.41, 5.74) is 4.25. The Morgan fingerprint density at radius 1 is 1.17 bits per heavy atom. The molecule has 3 aromatic rings. The van der Waals surface area contributed by atoms with Crippen molar-refractivity contribution in [3.8, 4) is 11.1 Å². The normalized spacial score (nSPS) is 19.9. The number of hydrogen-bond acceptors (Lipinski definition) is 4. The molecule has 30 heavy (non-hydrogen) atoms. The van der Waals surface area contributed by atoms with Crippen molar-refractivity contribution in [3.63, 3.8) is 0 Å². The fraction of sp³-hybridized carbons (Fsp3) is 0.360. The first kappa shape index (κ1) is 19.3. The number of Topliss-reactive ketones (excluding diaryl/α,β-unsaturated/α-hetero) is 1. The number of pyridine rings is 1. The van der Waals surface area contributed by atoms with Crippen molar-refractivity contribution in [1.29, 1.82) is 0 Å². The number of rotatable bonds is 5. The lowest BCUT2D eigenvalue weighted by molar-refractivity contribution is 0.101. The number of hydrogen-bond donors (Lipinski definition) is 1. The van der Waals surface area contributed by atoms with E-state index in [4.69, 9.17) is 0 Å². The van der Waals surface area contributed by atoms with Crippen LogP contribution in [-0.4, -0.2) is 41.3 Å². The summed E-state index contributed by atoms with van der Waals surface area (Å²) in [4.78, 5) is 19.2. The molecule has 1 aliphatic heterocycles. The Morgan fingerprint density at radius 3 is 2.70 bits per heavy atom. The highest BCUT2D eigenvalue weighted by Crippen LogP contribution is 2.34. The Hall–Kier alpha value is -2.63. The fourth-order valence-corrected chi connectivity index (χ4v) is 4.48. The van der Waals surface area contributed by atoms with Gasteiger partial charge in [0.15, 0.2) is 5.78 Å². The van der Waals surface area contributed by atoms with Gasteiger partial charge in [0.1, 0.15) is 11.5 Å². The van der Waals surface area contributed by atoms with E-state index in [1.807, 2.05) is 6.07 Å². The number of benzene rings is 2. The molecule has 0 bridgehead atoms. The summed E-state index contributed by atoms with van der Waals surface area (Å²) in [6.07, 6.45) is 2.71. The van der Waals surface area contributed by atoms with E-state index in [9.17, 15) is 9.18 Å². The smallest absolute Gasteiger partial charge is 0.178 e. The summed E-state index contributed by atoms with van der Waals surface area (Å²) in [7, 11) is 0. The molecule has 4 nitrogen and oxygen atoms in total. The number of nitrogens with zero attached hydrogens (tertiary/aromatic N) is 2. The molecule has 2 fully saturated rings.